The predicted molar refractivity (Wildman–Crippen MR) is 108 cm³/mol. The first-order valence-electron chi connectivity index (χ1n) is 8.86. The number of aromatic nitrogens is 2. The van der Waals surface area contributed by atoms with Crippen molar-refractivity contribution in [1.82, 2.24) is 9.97 Å². The number of H-pyrrole nitrogens is 1. The molecule has 1 saturated carbocycles. The highest BCUT2D eigenvalue weighted by atomic mass is 79.9. The van der Waals surface area contributed by atoms with Gasteiger partial charge in [-0.05, 0) is 58.5 Å². The van der Waals surface area contributed by atoms with Crippen LogP contribution in [0.1, 0.15) is 28.8 Å². The average molecular weight is 484 g/mol. The van der Waals surface area contributed by atoms with E-state index >= 15 is 0 Å². The quantitative estimate of drug-likeness (QED) is 0.493. The second-order valence-corrected chi connectivity index (χ2v) is 9.71. The Bertz CT molecular complexity index is 1220. The van der Waals surface area contributed by atoms with Gasteiger partial charge in [0.25, 0.3) is 0 Å². The van der Waals surface area contributed by atoms with Crippen LogP contribution in [-0.4, -0.2) is 29.9 Å². The van der Waals surface area contributed by atoms with Crippen LogP contribution in [0.5, 0.6) is 0 Å². The number of hydrogen-bond acceptors (Lipinski definition) is 4. The number of sulfonamides is 1. The molecule has 1 aliphatic rings. The zero-order valence-electron chi connectivity index (χ0n) is 15.0. The first kappa shape index (κ1) is 20.0. The molecule has 10 heteroatoms. The molecule has 0 amide bonds. The minimum Gasteiger partial charge on any atom is -0.345 e. The van der Waals surface area contributed by atoms with E-state index in [2.05, 4.69) is 30.6 Å². The van der Waals surface area contributed by atoms with Gasteiger partial charge in [0.2, 0.25) is 10.0 Å². The summed E-state index contributed by atoms with van der Waals surface area (Å²) < 4.78 is 56.2. The van der Waals surface area contributed by atoms with E-state index in [1.54, 1.807) is 12.3 Å². The summed E-state index contributed by atoms with van der Waals surface area (Å²) in [5, 5.41) is 0.734. The molecular formula is C19H16BrF2N3O3S. The maximum absolute atomic E-state index is 14.8. The lowest BCUT2D eigenvalue weighted by molar-refractivity contribution is 0.0985. The molecule has 1 aliphatic carbocycles. The number of nitrogens with zero attached hydrogens (tertiary/aromatic N) is 1. The fraction of sp³-hybridized carbons (Fsp3) is 0.263. The summed E-state index contributed by atoms with van der Waals surface area (Å²) in [5.74, 6) is -3.13. The largest absolute Gasteiger partial charge is 0.345 e. The normalized spacial score (nSPS) is 14.3. The number of rotatable bonds is 7. The summed E-state index contributed by atoms with van der Waals surface area (Å²) >= 11 is 3.35. The third kappa shape index (κ3) is 4.32. The molecule has 0 saturated heterocycles. The van der Waals surface area contributed by atoms with E-state index in [4.69, 9.17) is 0 Å². The molecule has 0 atom stereocenters. The van der Waals surface area contributed by atoms with E-state index in [0.717, 1.165) is 34.8 Å². The van der Waals surface area contributed by atoms with Crippen molar-refractivity contribution >= 4 is 48.5 Å². The van der Waals surface area contributed by atoms with Crippen LogP contribution in [0.3, 0.4) is 0 Å². The lowest BCUT2D eigenvalue weighted by atomic mass is 10.0. The van der Waals surface area contributed by atoms with Crippen LogP contribution in [0.2, 0.25) is 0 Å². The van der Waals surface area contributed by atoms with Crippen molar-refractivity contribution in [1.29, 1.82) is 0 Å². The van der Waals surface area contributed by atoms with Crippen molar-refractivity contribution in [2.75, 3.05) is 10.5 Å². The zero-order valence-corrected chi connectivity index (χ0v) is 17.4. The van der Waals surface area contributed by atoms with Crippen LogP contribution < -0.4 is 4.72 Å². The van der Waals surface area contributed by atoms with E-state index in [-0.39, 0.29) is 18.1 Å². The number of benzene rings is 1. The van der Waals surface area contributed by atoms with Crippen LogP contribution >= 0.6 is 15.9 Å². The van der Waals surface area contributed by atoms with Crippen LogP contribution in [0, 0.1) is 17.6 Å². The first-order valence-corrected chi connectivity index (χ1v) is 11.3. The maximum atomic E-state index is 14.8. The molecule has 6 nitrogen and oxygen atoms in total. The van der Waals surface area contributed by atoms with Gasteiger partial charge in [0.15, 0.2) is 11.6 Å². The van der Waals surface area contributed by atoms with Gasteiger partial charge in [0.05, 0.1) is 17.0 Å². The summed E-state index contributed by atoms with van der Waals surface area (Å²) in [7, 11) is -3.77. The minimum atomic E-state index is -3.77. The Morgan fingerprint density at radius 3 is 2.79 bits per heavy atom. The van der Waals surface area contributed by atoms with Crippen molar-refractivity contribution in [3.63, 3.8) is 0 Å². The van der Waals surface area contributed by atoms with Crippen molar-refractivity contribution in [3.8, 4) is 0 Å². The fourth-order valence-electron chi connectivity index (χ4n) is 3.08. The molecule has 2 heterocycles. The molecule has 0 bridgehead atoms. The number of carbonyl (C=O) groups excluding carboxylic acids is 1. The van der Waals surface area contributed by atoms with Gasteiger partial charge in [-0.25, -0.2) is 22.2 Å². The van der Waals surface area contributed by atoms with Crippen LogP contribution in [-0.2, 0) is 16.4 Å². The molecule has 2 aromatic heterocycles. The molecule has 1 aromatic carbocycles. The van der Waals surface area contributed by atoms with Crippen LogP contribution in [0.25, 0.3) is 11.0 Å². The summed E-state index contributed by atoms with van der Waals surface area (Å²) in [6, 6.07) is 3.56. The third-order valence-corrected chi connectivity index (χ3v) is 6.79. The SMILES string of the molecule is O=C(Cc1cnc2[nH]cc(Br)c2c1)c1c(F)ccc(NS(=O)(=O)CC2CC2)c1F. The number of pyridine rings is 1. The third-order valence-electron chi connectivity index (χ3n) is 4.69. The number of halogens is 3. The number of Topliss-reactive ketones (excluding diaryl/α,β-unsaturated/α-hetero) is 1. The van der Waals surface area contributed by atoms with E-state index in [1.807, 2.05) is 0 Å². The highest BCUT2D eigenvalue weighted by Crippen LogP contribution is 2.31. The minimum absolute atomic E-state index is 0.0623. The topological polar surface area (TPSA) is 91.9 Å². The molecule has 152 valence electrons. The Labute approximate surface area is 173 Å². The van der Waals surface area contributed by atoms with Crippen molar-refractivity contribution in [2.24, 2.45) is 5.92 Å². The highest BCUT2D eigenvalue weighted by molar-refractivity contribution is 9.10. The second kappa shape index (κ2) is 7.49. The number of nitrogens with one attached hydrogen (secondary N) is 2. The lowest BCUT2D eigenvalue weighted by Crippen LogP contribution is -2.20. The number of anilines is 1. The highest BCUT2D eigenvalue weighted by Gasteiger charge is 2.29. The Balaban J connectivity index is 1.60. The van der Waals surface area contributed by atoms with Gasteiger partial charge in [0.1, 0.15) is 11.5 Å². The molecule has 4 rings (SSSR count). The fourth-order valence-corrected chi connectivity index (χ4v) is 5.02. The second-order valence-electron chi connectivity index (χ2n) is 7.09. The van der Waals surface area contributed by atoms with Crippen molar-refractivity contribution in [3.05, 3.63) is 57.8 Å². The Morgan fingerprint density at radius 1 is 1.31 bits per heavy atom. The molecular weight excluding hydrogens is 468 g/mol. The van der Waals surface area contributed by atoms with Gasteiger partial charge in [-0.3, -0.25) is 9.52 Å². The van der Waals surface area contributed by atoms with E-state index in [9.17, 15) is 22.0 Å². The Hall–Kier alpha value is -2.33. The Kier molecular flexibility index (Phi) is 5.16. The van der Waals surface area contributed by atoms with Gasteiger partial charge in [0, 0.05) is 28.7 Å². The van der Waals surface area contributed by atoms with Crippen molar-refractivity contribution < 1.29 is 22.0 Å². The summed E-state index contributed by atoms with van der Waals surface area (Å²) in [6.07, 6.45) is 4.48. The number of hydrogen-bond donors (Lipinski definition) is 2. The number of aromatic amines is 1. The number of ketones is 1. The summed E-state index contributed by atoms with van der Waals surface area (Å²) in [5.41, 5.74) is -0.124. The van der Waals surface area contributed by atoms with Crippen LogP contribution in [0.15, 0.2) is 35.1 Å². The zero-order chi connectivity index (χ0) is 20.8. The smallest absolute Gasteiger partial charge is 0.233 e. The number of fused-ring (bicyclic) bond motifs is 1. The molecule has 2 N–H and O–H groups in total. The molecule has 0 aliphatic heterocycles. The molecule has 0 radical (unpaired) electrons. The van der Waals surface area contributed by atoms with Gasteiger partial charge in [-0.1, -0.05) is 0 Å². The standard InChI is InChI=1S/C19H16BrF2N3O3S/c20-13-8-24-19-12(13)5-11(7-23-19)6-16(26)17-14(21)3-4-15(18(17)22)25-29(27,28)9-10-1-2-10/h3-5,7-8,10,25H,1-2,6,9H2,(H,23,24). The van der Waals surface area contributed by atoms with E-state index in [0.29, 0.717) is 11.2 Å². The molecule has 1 fully saturated rings. The van der Waals surface area contributed by atoms with Gasteiger partial charge >= 0.3 is 0 Å². The van der Waals surface area contributed by atoms with Gasteiger partial charge in [-0.15, -0.1) is 0 Å². The van der Waals surface area contributed by atoms with Crippen LogP contribution in [0.4, 0.5) is 14.5 Å². The first-order chi connectivity index (χ1) is 13.7. The van der Waals surface area contributed by atoms with Gasteiger partial charge < -0.3 is 4.98 Å². The van der Waals surface area contributed by atoms with Crippen molar-refractivity contribution in [2.45, 2.75) is 19.3 Å². The average Bonchev–Trinajstić information content (AvgIpc) is 3.38. The molecule has 29 heavy (non-hydrogen) atoms. The summed E-state index contributed by atoms with van der Waals surface area (Å²) in [6.45, 7) is 0. The summed E-state index contributed by atoms with van der Waals surface area (Å²) in [4.78, 5) is 19.7. The lowest BCUT2D eigenvalue weighted by Gasteiger charge is -2.12. The van der Waals surface area contributed by atoms with E-state index in [1.165, 1.54) is 6.20 Å². The number of carbonyl (C=O) groups is 1. The van der Waals surface area contributed by atoms with E-state index < -0.39 is 38.7 Å². The predicted octanol–water partition coefficient (Wildman–Crippen LogP) is 4.18. The van der Waals surface area contributed by atoms with Gasteiger partial charge in [-0.2, -0.15) is 0 Å². The monoisotopic (exact) mass is 483 g/mol. The maximum Gasteiger partial charge on any atom is 0.233 e. The molecule has 0 spiro atoms. The molecule has 0 unspecified atom stereocenters. The Morgan fingerprint density at radius 2 is 2.07 bits per heavy atom. The molecule has 3 aromatic rings.